The van der Waals surface area contributed by atoms with Gasteiger partial charge in [-0.3, -0.25) is 4.99 Å². The normalized spacial score (nSPS) is 16.1. The van der Waals surface area contributed by atoms with Crippen molar-refractivity contribution < 1.29 is 9.47 Å². The molecular weight excluding hydrogens is 302 g/mol. The lowest BCUT2D eigenvalue weighted by molar-refractivity contribution is 0.353. The zero-order valence-electron chi connectivity index (χ0n) is 15.6. The fourth-order valence-corrected chi connectivity index (χ4v) is 3.12. The third-order valence-corrected chi connectivity index (χ3v) is 4.78. The van der Waals surface area contributed by atoms with Crippen molar-refractivity contribution in [3.8, 4) is 11.5 Å². The van der Waals surface area contributed by atoms with Crippen molar-refractivity contribution in [2.24, 2.45) is 4.99 Å². The molecule has 0 spiro atoms. The molecule has 24 heavy (non-hydrogen) atoms. The highest BCUT2D eigenvalue weighted by Gasteiger charge is 2.23. The second-order valence-corrected chi connectivity index (χ2v) is 7.01. The molecule has 5 heteroatoms. The summed E-state index contributed by atoms with van der Waals surface area (Å²) in [7, 11) is 5.15. The molecule has 0 atom stereocenters. The van der Waals surface area contributed by atoms with Gasteiger partial charge in [0.05, 0.1) is 14.2 Å². The van der Waals surface area contributed by atoms with Crippen LogP contribution in [0.5, 0.6) is 11.5 Å². The van der Waals surface area contributed by atoms with Gasteiger partial charge in [0.2, 0.25) is 0 Å². The Balaban J connectivity index is 2.01. The number of hydrogen-bond acceptors (Lipinski definition) is 3. The Kier molecular flexibility index (Phi) is 6.35. The Morgan fingerprint density at radius 2 is 1.83 bits per heavy atom. The average molecular weight is 333 g/mol. The second kappa shape index (κ2) is 8.27. The van der Waals surface area contributed by atoms with Crippen molar-refractivity contribution in [1.29, 1.82) is 0 Å². The van der Waals surface area contributed by atoms with Gasteiger partial charge in [0.15, 0.2) is 17.5 Å². The van der Waals surface area contributed by atoms with Gasteiger partial charge in [-0.25, -0.2) is 0 Å². The maximum Gasteiger partial charge on any atom is 0.191 e. The molecular formula is C19H31N3O2. The smallest absolute Gasteiger partial charge is 0.191 e. The number of methoxy groups -OCH3 is 2. The van der Waals surface area contributed by atoms with E-state index in [4.69, 9.17) is 9.47 Å². The van der Waals surface area contributed by atoms with E-state index in [2.05, 4.69) is 35.5 Å². The Morgan fingerprint density at radius 3 is 2.42 bits per heavy atom. The summed E-state index contributed by atoms with van der Waals surface area (Å²) in [5, 5.41) is 6.99. The van der Waals surface area contributed by atoms with Gasteiger partial charge in [-0.15, -0.1) is 0 Å². The van der Waals surface area contributed by atoms with Crippen molar-refractivity contribution >= 4 is 5.96 Å². The molecule has 0 aliphatic heterocycles. The lowest BCUT2D eigenvalue weighted by Gasteiger charge is -2.28. The molecule has 5 nitrogen and oxygen atoms in total. The van der Waals surface area contributed by atoms with Crippen molar-refractivity contribution in [3.63, 3.8) is 0 Å². The van der Waals surface area contributed by atoms with Crippen LogP contribution >= 0.6 is 0 Å². The van der Waals surface area contributed by atoms with Gasteiger partial charge < -0.3 is 20.1 Å². The number of aliphatic imine (C=N–C) groups is 1. The average Bonchev–Trinajstić information content (AvgIpc) is 3.10. The molecule has 0 amide bonds. The SMILES string of the molecule is CN=C(NCC(C)(C)c1ccc(OC)c(OC)c1)NC1CCCC1. The Morgan fingerprint density at radius 1 is 1.17 bits per heavy atom. The number of nitrogens with one attached hydrogen (secondary N) is 2. The zero-order chi connectivity index (χ0) is 17.6. The first-order valence-electron chi connectivity index (χ1n) is 8.70. The van der Waals surface area contributed by atoms with E-state index in [1.165, 1.54) is 31.2 Å². The van der Waals surface area contributed by atoms with E-state index in [0.29, 0.717) is 6.04 Å². The van der Waals surface area contributed by atoms with E-state index in [1.54, 1.807) is 14.2 Å². The molecule has 0 radical (unpaired) electrons. The van der Waals surface area contributed by atoms with Crippen LogP contribution in [0.3, 0.4) is 0 Å². The number of guanidine groups is 1. The van der Waals surface area contributed by atoms with E-state index in [1.807, 2.05) is 19.2 Å². The van der Waals surface area contributed by atoms with Gasteiger partial charge in [-0.05, 0) is 30.5 Å². The summed E-state index contributed by atoms with van der Waals surface area (Å²) in [5.74, 6) is 2.40. The number of nitrogens with zero attached hydrogens (tertiary/aromatic N) is 1. The monoisotopic (exact) mass is 333 g/mol. The molecule has 1 aromatic rings. The van der Waals surface area contributed by atoms with Crippen LogP contribution in [0.15, 0.2) is 23.2 Å². The summed E-state index contributed by atoms with van der Waals surface area (Å²) in [5.41, 5.74) is 1.14. The fraction of sp³-hybridized carbons (Fsp3) is 0.632. The van der Waals surface area contributed by atoms with E-state index >= 15 is 0 Å². The van der Waals surface area contributed by atoms with Crippen LogP contribution < -0.4 is 20.1 Å². The van der Waals surface area contributed by atoms with Gasteiger partial charge >= 0.3 is 0 Å². The Labute approximate surface area is 145 Å². The van der Waals surface area contributed by atoms with Crippen molar-refractivity contribution in [2.45, 2.75) is 51.0 Å². The maximum atomic E-state index is 5.43. The Hall–Kier alpha value is -1.91. The highest BCUT2D eigenvalue weighted by molar-refractivity contribution is 5.80. The van der Waals surface area contributed by atoms with Crippen LogP contribution in [0, 0.1) is 0 Å². The molecule has 1 fully saturated rings. The number of rotatable bonds is 6. The summed E-state index contributed by atoms with van der Waals surface area (Å²) >= 11 is 0. The van der Waals surface area contributed by atoms with Crippen LogP contribution in [-0.4, -0.2) is 39.8 Å². The summed E-state index contributed by atoms with van der Waals surface area (Å²) in [6.07, 6.45) is 5.09. The van der Waals surface area contributed by atoms with Gasteiger partial charge in [0.25, 0.3) is 0 Å². The van der Waals surface area contributed by atoms with E-state index in [0.717, 1.165) is 24.0 Å². The molecule has 1 aliphatic rings. The van der Waals surface area contributed by atoms with Gasteiger partial charge in [-0.2, -0.15) is 0 Å². The molecule has 1 aliphatic carbocycles. The van der Waals surface area contributed by atoms with Gasteiger partial charge in [0, 0.05) is 25.0 Å². The largest absolute Gasteiger partial charge is 0.493 e. The third kappa shape index (κ3) is 4.56. The minimum Gasteiger partial charge on any atom is -0.493 e. The molecule has 0 bridgehead atoms. The van der Waals surface area contributed by atoms with Crippen LogP contribution in [0.2, 0.25) is 0 Å². The van der Waals surface area contributed by atoms with E-state index in [-0.39, 0.29) is 5.41 Å². The van der Waals surface area contributed by atoms with Gasteiger partial charge in [-0.1, -0.05) is 32.8 Å². The number of ether oxygens (including phenoxy) is 2. The molecule has 2 rings (SSSR count). The summed E-state index contributed by atoms with van der Waals surface area (Å²) in [4.78, 5) is 4.36. The minimum absolute atomic E-state index is 0.0627. The topological polar surface area (TPSA) is 54.9 Å². The first-order valence-corrected chi connectivity index (χ1v) is 8.70. The van der Waals surface area contributed by atoms with Crippen LogP contribution in [0.4, 0.5) is 0 Å². The van der Waals surface area contributed by atoms with E-state index in [9.17, 15) is 0 Å². The predicted molar refractivity (Wildman–Crippen MR) is 99.3 cm³/mol. The first kappa shape index (κ1) is 18.4. The predicted octanol–water partition coefficient (Wildman–Crippen LogP) is 3.09. The third-order valence-electron chi connectivity index (χ3n) is 4.78. The van der Waals surface area contributed by atoms with Crippen molar-refractivity contribution in [1.82, 2.24) is 10.6 Å². The minimum atomic E-state index is -0.0627. The Bertz CT molecular complexity index is 564. The maximum absolute atomic E-state index is 5.43. The summed E-state index contributed by atoms with van der Waals surface area (Å²) in [6, 6.07) is 6.66. The zero-order valence-corrected chi connectivity index (χ0v) is 15.6. The summed E-state index contributed by atoms with van der Waals surface area (Å²) < 4.78 is 10.8. The van der Waals surface area contributed by atoms with Crippen LogP contribution in [-0.2, 0) is 5.41 Å². The molecule has 1 aromatic carbocycles. The van der Waals surface area contributed by atoms with Gasteiger partial charge in [0.1, 0.15) is 0 Å². The molecule has 2 N–H and O–H groups in total. The first-order chi connectivity index (χ1) is 11.5. The highest BCUT2D eigenvalue weighted by Crippen LogP contribution is 2.32. The highest BCUT2D eigenvalue weighted by atomic mass is 16.5. The summed E-state index contributed by atoms with van der Waals surface area (Å²) in [6.45, 7) is 5.21. The van der Waals surface area contributed by atoms with Crippen molar-refractivity contribution in [3.05, 3.63) is 23.8 Å². The molecule has 134 valence electrons. The standard InChI is InChI=1S/C19H31N3O2/c1-19(2,14-10-11-16(23-4)17(12-14)24-5)13-21-18(20-3)22-15-8-6-7-9-15/h10-12,15H,6-9,13H2,1-5H3,(H2,20,21,22). The molecule has 0 aromatic heterocycles. The van der Waals surface area contributed by atoms with E-state index < -0.39 is 0 Å². The lowest BCUT2D eigenvalue weighted by atomic mass is 9.84. The van der Waals surface area contributed by atoms with Crippen LogP contribution in [0.1, 0.15) is 45.1 Å². The molecule has 1 saturated carbocycles. The number of benzene rings is 1. The quantitative estimate of drug-likeness (QED) is 0.620. The molecule has 0 unspecified atom stereocenters. The molecule has 0 saturated heterocycles. The lowest BCUT2D eigenvalue weighted by Crippen LogP contribution is -2.46. The second-order valence-electron chi connectivity index (χ2n) is 7.01. The number of hydrogen-bond donors (Lipinski definition) is 2. The molecule has 0 heterocycles. The van der Waals surface area contributed by atoms with Crippen LogP contribution in [0.25, 0.3) is 0 Å². The van der Waals surface area contributed by atoms with Crippen molar-refractivity contribution in [2.75, 3.05) is 27.8 Å². The fourth-order valence-electron chi connectivity index (χ4n) is 3.12.